The van der Waals surface area contributed by atoms with Crippen LogP contribution < -0.4 is 15.2 Å². The first-order valence-corrected chi connectivity index (χ1v) is 7.76. The van der Waals surface area contributed by atoms with Crippen molar-refractivity contribution in [2.75, 3.05) is 7.11 Å². The first-order chi connectivity index (χ1) is 10.7. The molecule has 1 unspecified atom stereocenters. The highest BCUT2D eigenvalue weighted by Gasteiger charge is 2.15. The SMILES string of the molecule is CCC(C)[C@@H](N)c1ccc(OCc2ccccc2)c(OC)c1. The molecule has 0 bridgehead atoms. The molecule has 0 aromatic heterocycles. The molecule has 22 heavy (non-hydrogen) atoms. The van der Waals surface area contributed by atoms with Crippen LogP contribution in [0.15, 0.2) is 48.5 Å². The fourth-order valence-electron chi connectivity index (χ4n) is 2.33. The number of hydrogen-bond acceptors (Lipinski definition) is 3. The van der Waals surface area contributed by atoms with Crippen molar-refractivity contribution in [2.24, 2.45) is 11.7 Å². The smallest absolute Gasteiger partial charge is 0.161 e. The van der Waals surface area contributed by atoms with Gasteiger partial charge in [-0.15, -0.1) is 0 Å². The summed E-state index contributed by atoms with van der Waals surface area (Å²) >= 11 is 0. The summed E-state index contributed by atoms with van der Waals surface area (Å²) in [5.41, 5.74) is 8.50. The molecular formula is C19H25NO2. The van der Waals surface area contributed by atoms with Crippen molar-refractivity contribution in [3.05, 3.63) is 59.7 Å². The Morgan fingerprint density at radius 3 is 2.41 bits per heavy atom. The highest BCUT2D eigenvalue weighted by molar-refractivity contribution is 5.44. The van der Waals surface area contributed by atoms with Crippen LogP contribution in [0.4, 0.5) is 0 Å². The molecule has 0 aliphatic rings. The molecule has 0 aliphatic heterocycles. The molecule has 2 aromatic rings. The number of nitrogens with two attached hydrogens (primary N) is 1. The minimum atomic E-state index is 0.0158. The lowest BCUT2D eigenvalue weighted by Gasteiger charge is -2.20. The van der Waals surface area contributed by atoms with Gasteiger partial charge in [-0.2, -0.15) is 0 Å². The van der Waals surface area contributed by atoms with Gasteiger partial charge in [-0.05, 0) is 29.2 Å². The summed E-state index contributed by atoms with van der Waals surface area (Å²) in [5, 5.41) is 0. The van der Waals surface area contributed by atoms with Gasteiger partial charge in [0.1, 0.15) is 6.61 Å². The van der Waals surface area contributed by atoms with E-state index in [0.29, 0.717) is 12.5 Å². The molecule has 0 spiro atoms. The van der Waals surface area contributed by atoms with Crippen molar-refractivity contribution in [1.82, 2.24) is 0 Å². The van der Waals surface area contributed by atoms with Crippen molar-refractivity contribution in [3.8, 4) is 11.5 Å². The first-order valence-electron chi connectivity index (χ1n) is 7.76. The van der Waals surface area contributed by atoms with E-state index < -0.39 is 0 Å². The van der Waals surface area contributed by atoms with Gasteiger partial charge in [-0.25, -0.2) is 0 Å². The van der Waals surface area contributed by atoms with Crippen LogP contribution in [-0.4, -0.2) is 7.11 Å². The zero-order valence-electron chi connectivity index (χ0n) is 13.6. The van der Waals surface area contributed by atoms with E-state index in [0.717, 1.165) is 29.0 Å². The highest BCUT2D eigenvalue weighted by Crippen LogP contribution is 2.32. The van der Waals surface area contributed by atoms with Gasteiger partial charge in [-0.1, -0.05) is 56.7 Å². The van der Waals surface area contributed by atoms with E-state index in [2.05, 4.69) is 13.8 Å². The standard InChI is InChI=1S/C19H25NO2/c1-4-14(2)19(20)16-10-11-17(18(12-16)21-3)22-13-15-8-6-5-7-9-15/h5-12,14,19H,4,13,20H2,1-3H3/t14?,19-/m1/s1. The molecule has 0 saturated heterocycles. The van der Waals surface area contributed by atoms with E-state index in [1.54, 1.807) is 7.11 Å². The lowest BCUT2D eigenvalue weighted by molar-refractivity contribution is 0.284. The van der Waals surface area contributed by atoms with E-state index in [1.165, 1.54) is 0 Å². The van der Waals surface area contributed by atoms with Gasteiger partial charge in [0.05, 0.1) is 7.11 Å². The Morgan fingerprint density at radius 1 is 1.05 bits per heavy atom. The fourth-order valence-corrected chi connectivity index (χ4v) is 2.33. The van der Waals surface area contributed by atoms with Crippen LogP contribution in [0.2, 0.25) is 0 Å². The summed E-state index contributed by atoms with van der Waals surface area (Å²) in [5.74, 6) is 1.90. The predicted octanol–water partition coefficient (Wildman–Crippen LogP) is 4.32. The number of benzene rings is 2. The molecule has 2 aromatic carbocycles. The summed E-state index contributed by atoms with van der Waals surface area (Å²) < 4.78 is 11.3. The van der Waals surface area contributed by atoms with Crippen LogP contribution in [0.1, 0.15) is 37.4 Å². The minimum Gasteiger partial charge on any atom is -0.493 e. The maximum atomic E-state index is 6.29. The molecule has 2 N–H and O–H groups in total. The van der Waals surface area contributed by atoms with Crippen LogP contribution in [0.25, 0.3) is 0 Å². The van der Waals surface area contributed by atoms with Crippen molar-refractivity contribution in [2.45, 2.75) is 32.9 Å². The molecule has 0 amide bonds. The van der Waals surface area contributed by atoms with Gasteiger partial charge in [0.25, 0.3) is 0 Å². The molecule has 0 aliphatic carbocycles. The van der Waals surface area contributed by atoms with Crippen LogP contribution in [0, 0.1) is 5.92 Å². The zero-order valence-corrected chi connectivity index (χ0v) is 13.6. The third-order valence-corrected chi connectivity index (χ3v) is 4.07. The van der Waals surface area contributed by atoms with Gasteiger partial charge < -0.3 is 15.2 Å². The van der Waals surface area contributed by atoms with Crippen LogP contribution in [0.5, 0.6) is 11.5 Å². The Morgan fingerprint density at radius 2 is 1.77 bits per heavy atom. The quantitative estimate of drug-likeness (QED) is 0.828. The van der Waals surface area contributed by atoms with Gasteiger partial charge in [0, 0.05) is 6.04 Å². The Kier molecular flexibility index (Phi) is 5.84. The van der Waals surface area contributed by atoms with Crippen LogP contribution >= 0.6 is 0 Å². The summed E-state index contributed by atoms with van der Waals surface area (Å²) in [6, 6.07) is 16.1. The van der Waals surface area contributed by atoms with Crippen LogP contribution in [0.3, 0.4) is 0 Å². The zero-order chi connectivity index (χ0) is 15.9. The van der Waals surface area contributed by atoms with Crippen molar-refractivity contribution in [3.63, 3.8) is 0 Å². The van der Waals surface area contributed by atoms with Gasteiger partial charge >= 0.3 is 0 Å². The molecule has 3 heteroatoms. The molecule has 2 atom stereocenters. The van der Waals surface area contributed by atoms with Crippen molar-refractivity contribution in [1.29, 1.82) is 0 Å². The lowest BCUT2D eigenvalue weighted by atomic mass is 9.93. The third-order valence-electron chi connectivity index (χ3n) is 4.07. The average molecular weight is 299 g/mol. The maximum Gasteiger partial charge on any atom is 0.161 e. The van der Waals surface area contributed by atoms with Crippen LogP contribution in [-0.2, 0) is 6.61 Å². The number of rotatable bonds is 7. The Labute approximate surface area is 133 Å². The normalized spacial score (nSPS) is 13.5. The molecule has 0 radical (unpaired) electrons. The molecule has 0 heterocycles. The monoisotopic (exact) mass is 299 g/mol. The number of ether oxygens (including phenoxy) is 2. The van der Waals surface area contributed by atoms with Crippen molar-refractivity contribution < 1.29 is 9.47 Å². The highest BCUT2D eigenvalue weighted by atomic mass is 16.5. The maximum absolute atomic E-state index is 6.29. The van der Waals surface area contributed by atoms with Gasteiger partial charge in [-0.3, -0.25) is 0 Å². The summed E-state index contributed by atoms with van der Waals surface area (Å²) in [6.07, 6.45) is 1.05. The fraction of sp³-hybridized carbons (Fsp3) is 0.368. The minimum absolute atomic E-state index is 0.0158. The second-order valence-corrected chi connectivity index (χ2v) is 5.60. The summed E-state index contributed by atoms with van der Waals surface area (Å²) in [4.78, 5) is 0. The summed E-state index contributed by atoms with van der Waals surface area (Å²) in [6.45, 7) is 4.84. The average Bonchev–Trinajstić information content (AvgIpc) is 2.59. The van der Waals surface area contributed by atoms with Gasteiger partial charge in [0.15, 0.2) is 11.5 Å². The van der Waals surface area contributed by atoms with E-state index in [1.807, 2.05) is 48.5 Å². The molecule has 118 valence electrons. The Balaban J connectivity index is 2.12. The van der Waals surface area contributed by atoms with E-state index in [4.69, 9.17) is 15.2 Å². The predicted molar refractivity (Wildman–Crippen MR) is 90.2 cm³/mol. The molecule has 3 nitrogen and oxygen atoms in total. The molecule has 0 saturated carbocycles. The number of hydrogen-bond donors (Lipinski definition) is 1. The molecular weight excluding hydrogens is 274 g/mol. The Hall–Kier alpha value is -2.00. The second-order valence-electron chi connectivity index (χ2n) is 5.60. The van der Waals surface area contributed by atoms with Crippen molar-refractivity contribution >= 4 is 0 Å². The van der Waals surface area contributed by atoms with Gasteiger partial charge in [0.2, 0.25) is 0 Å². The van der Waals surface area contributed by atoms with E-state index in [-0.39, 0.29) is 6.04 Å². The Bertz CT molecular complexity index is 583. The van der Waals surface area contributed by atoms with E-state index >= 15 is 0 Å². The topological polar surface area (TPSA) is 44.5 Å². The molecule has 0 fully saturated rings. The third kappa shape index (κ3) is 4.01. The second kappa shape index (κ2) is 7.85. The molecule has 2 rings (SSSR count). The number of methoxy groups -OCH3 is 1. The summed E-state index contributed by atoms with van der Waals surface area (Å²) in [7, 11) is 1.66. The largest absolute Gasteiger partial charge is 0.493 e. The lowest BCUT2D eigenvalue weighted by Crippen LogP contribution is -2.18. The van der Waals surface area contributed by atoms with E-state index in [9.17, 15) is 0 Å². The first kappa shape index (κ1) is 16.4.